The monoisotopic (exact) mass is 352 g/mol. The Bertz CT molecular complexity index is 851. The summed E-state index contributed by atoms with van der Waals surface area (Å²) in [6.45, 7) is 8.08. The van der Waals surface area contributed by atoms with Gasteiger partial charge >= 0.3 is 0 Å². The highest BCUT2D eigenvalue weighted by atomic mass is 16.5. The molecule has 0 N–H and O–H groups in total. The van der Waals surface area contributed by atoms with Crippen molar-refractivity contribution in [3.05, 3.63) is 30.7 Å². The summed E-state index contributed by atoms with van der Waals surface area (Å²) in [5.74, 6) is 2.74. The molecule has 4 rings (SSSR count). The molecular weight excluding hydrogens is 328 g/mol. The number of ether oxygens (including phenoxy) is 1. The van der Waals surface area contributed by atoms with E-state index in [2.05, 4.69) is 21.4 Å². The minimum absolute atomic E-state index is 0.130. The van der Waals surface area contributed by atoms with Crippen LogP contribution in [0.1, 0.15) is 31.4 Å². The topological polar surface area (TPSA) is 68.2 Å². The molecule has 2 unspecified atom stereocenters. The van der Waals surface area contributed by atoms with E-state index in [1.54, 1.807) is 6.33 Å². The number of allylic oxidation sites excluding steroid dienone is 1. The Morgan fingerprint density at radius 2 is 2.35 bits per heavy atom. The van der Waals surface area contributed by atoms with Gasteiger partial charge < -0.3 is 9.64 Å². The summed E-state index contributed by atoms with van der Waals surface area (Å²) in [4.78, 5) is 27.4. The van der Waals surface area contributed by atoms with Gasteiger partial charge in [0.05, 0.1) is 17.8 Å². The first-order chi connectivity index (χ1) is 12.7. The predicted octanol–water partition coefficient (Wildman–Crippen LogP) is 3.09. The first kappa shape index (κ1) is 16.9. The van der Waals surface area contributed by atoms with Crippen molar-refractivity contribution >= 4 is 22.6 Å². The van der Waals surface area contributed by atoms with Crippen molar-refractivity contribution in [1.82, 2.24) is 15.0 Å². The van der Waals surface area contributed by atoms with Crippen LogP contribution < -0.4 is 9.64 Å². The third-order valence-corrected chi connectivity index (χ3v) is 5.61. The Labute approximate surface area is 153 Å². The van der Waals surface area contributed by atoms with E-state index in [1.165, 1.54) is 6.08 Å². The van der Waals surface area contributed by atoms with Crippen LogP contribution in [0.25, 0.3) is 11.0 Å². The van der Waals surface area contributed by atoms with E-state index in [9.17, 15) is 4.79 Å². The zero-order valence-corrected chi connectivity index (χ0v) is 15.1. The van der Waals surface area contributed by atoms with E-state index in [0.29, 0.717) is 24.9 Å². The van der Waals surface area contributed by atoms with Crippen LogP contribution in [0, 0.1) is 18.8 Å². The number of ketones is 1. The van der Waals surface area contributed by atoms with Gasteiger partial charge in [0.15, 0.2) is 17.4 Å². The molecule has 136 valence electrons. The predicted molar refractivity (Wildman–Crippen MR) is 100 cm³/mol. The molecule has 2 aliphatic heterocycles. The second-order valence-corrected chi connectivity index (χ2v) is 7.27. The number of aryl methyl sites for hydroxylation is 1. The molecule has 0 aromatic carbocycles. The average Bonchev–Trinajstić information content (AvgIpc) is 2.96. The summed E-state index contributed by atoms with van der Waals surface area (Å²) < 4.78 is 6.16. The third kappa shape index (κ3) is 3.16. The van der Waals surface area contributed by atoms with Crippen molar-refractivity contribution in [2.75, 3.05) is 24.6 Å². The van der Waals surface area contributed by atoms with Crippen molar-refractivity contribution < 1.29 is 9.53 Å². The van der Waals surface area contributed by atoms with Crippen molar-refractivity contribution in [2.24, 2.45) is 11.8 Å². The van der Waals surface area contributed by atoms with E-state index in [0.717, 1.165) is 60.6 Å². The second-order valence-electron chi connectivity index (χ2n) is 7.27. The van der Waals surface area contributed by atoms with E-state index >= 15 is 0 Å². The normalized spacial score (nSPS) is 22.1. The van der Waals surface area contributed by atoms with Crippen LogP contribution >= 0.6 is 0 Å². The Hall–Kier alpha value is -2.50. The molecule has 26 heavy (non-hydrogen) atoms. The zero-order chi connectivity index (χ0) is 18.1. The van der Waals surface area contributed by atoms with Gasteiger partial charge in [0.2, 0.25) is 0 Å². The van der Waals surface area contributed by atoms with Gasteiger partial charge in [-0.2, -0.15) is 0 Å². The average molecular weight is 352 g/mol. The fourth-order valence-electron chi connectivity index (χ4n) is 4.10. The van der Waals surface area contributed by atoms with E-state index in [1.807, 2.05) is 13.0 Å². The summed E-state index contributed by atoms with van der Waals surface area (Å²) in [6, 6.07) is 1.99. The standard InChI is InChI=1S/C20H24N4O2/c1-3-16(25)7-6-14-5-4-8-24-10-15(14)11-26-18-9-17-19(23-20(18)24)13(2)21-12-22-17/h3,9,12,14-15H,1,4-8,10-11H2,2H3. The van der Waals surface area contributed by atoms with Crippen molar-refractivity contribution in [3.63, 3.8) is 0 Å². The van der Waals surface area contributed by atoms with Gasteiger partial charge in [0.25, 0.3) is 0 Å². The van der Waals surface area contributed by atoms with Crippen molar-refractivity contribution in [2.45, 2.75) is 32.6 Å². The van der Waals surface area contributed by atoms with Crippen LogP contribution in [0.4, 0.5) is 5.82 Å². The third-order valence-electron chi connectivity index (χ3n) is 5.61. The van der Waals surface area contributed by atoms with Gasteiger partial charge in [-0.25, -0.2) is 15.0 Å². The van der Waals surface area contributed by atoms with Gasteiger partial charge in [0.1, 0.15) is 11.8 Å². The summed E-state index contributed by atoms with van der Waals surface area (Å²) in [7, 11) is 0. The van der Waals surface area contributed by atoms with Crippen LogP contribution in [-0.2, 0) is 4.79 Å². The fraction of sp³-hybridized carbons (Fsp3) is 0.500. The SMILES string of the molecule is C=CC(=O)CCC1CCCN2CC1COc1cc3ncnc(C)c3nc12. The lowest BCUT2D eigenvalue weighted by Gasteiger charge is -2.25. The molecule has 2 aromatic rings. The molecule has 2 aromatic heterocycles. The molecule has 0 aliphatic carbocycles. The van der Waals surface area contributed by atoms with E-state index in [4.69, 9.17) is 9.72 Å². The largest absolute Gasteiger partial charge is 0.489 e. The molecule has 2 aliphatic rings. The molecule has 1 fully saturated rings. The number of carbonyl (C=O) groups excluding carboxylic acids is 1. The van der Waals surface area contributed by atoms with Crippen LogP contribution in [0.2, 0.25) is 0 Å². The second kappa shape index (κ2) is 7.02. The molecule has 0 amide bonds. The number of anilines is 1. The number of carbonyl (C=O) groups is 1. The van der Waals surface area contributed by atoms with Gasteiger partial charge in [-0.3, -0.25) is 4.79 Å². The molecule has 4 heterocycles. The first-order valence-electron chi connectivity index (χ1n) is 9.31. The number of rotatable bonds is 4. The quantitative estimate of drug-likeness (QED) is 0.788. The molecule has 6 nitrogen and oxygen atoms in total. The van der Waals surface area contributed by atoms with E-state index in [-0.39, 0.29) is 5.78 Å². The van der Waals surface area contributed by atoms with Crippen molar-refractivity contribution in [3.8, 4) is 5.75 Å². The van der Waals surface area contributed by atoms with Gasteiger partial charge in [-0.05, 0) is 38.2 Å². The smallest absolute Gasteiger partial charge is 0.172 e. The molecule has 2 atom stereocenters. The lowest BCUT2D eigenvalue weighted by atomic mass is 9.85. The maximum absolute atomic E-state index is 11.6. The highest BCUT2D eigenvalue weighted by Crippen LogP contribution is 2.38. The summed E-state index contributed by atoms with van der Waals surface area (Å²) in [6.07, 6.45) is 6.71. The highest BCUT2D eigenvalue weighted by molar-refractivity contribution is 5.89. The fourth-order valence-corrected chi connectivity index (χ4v) is 4.10. The highest BCUT2D eigenvalue weighted by Gasteiger charge is 2.32. The van der Waals surface area contributed by atoms with Crippen LogP contribution in [-0.4, -0.2) is 40.4 Å². The number of pyridine rings is 1. The molecular formula is C20H24N4O2. The molecule has 0 radical (unpaired) electrons. The number of hydrogen-bond acceptors (Lipinski definition) is 6. The van der Waals surface area contributed by atoms with E-state index < -0.39 is 0 Å². The maximum Gasteiger partial charge on any atom is 0.172 e. The minimum atomic E-state index is 0.130. The van der Waals surface area contributed by atoms with Crippen LogP contribution in [0.15, 0.2) is 25.0 Å². The van der Waals surface area contributed by atoms with Gasteiger partial charge in [0, 0.05) is 31.5 Å². The van der Waals surface area contributed by atoms with Crippen LogP contribution in [0.3, 0.4) is 0 Å². The number of fused-ring (bicyclic) bond motifs is 5. The number of aromatic nitrogens is 3. The number of nitrogens with zero attached hydrogens (tertiary/aromatic N) is 4. The Kier molecular flexibility index (Phi) is 4.57. The molecule has 0 saturated carbocycles. The zero-order valence-electron chi connectivity index (χ0n) is 15.1. The molecule has 0 spiro atoms. The first-order valence-corrected chi connectivity index (χ1v) is 9.31. The maximum atomic E-state index is 11.6. The van der Waals surface area contributed by atoms with Gasteiger partial charge in [-0.15, -0.1) is 0 Å². The van der Waals surface area contributed by atoms with Gasteiger partial charge in [-0.1, -0.05) is 6.58 Å². The summed E-state index contributed by atoms with van der Waals surface area (Å²) >= 11 is 0. The van der Waals surface area contributed by atoms with Crippen molar-refractivity contribution in [1.29, 1.82) is 0 Å². The Balaban J connectivity index is 1.63. The summed E-state index contributed by atoms with van der Waals surface area (Å²) in [5.41, 5.74) is 2.54. The Morgan fingerprint density at radius 3 is 3.19 bits per heavy atom. The molecule has 6 heteroatoms. The summed E-state index contributed by atoms with van der Waals surface area (Å²) in [5, 5.41) is 0. The lowest BCUT2D eigenvalue weighted by Crippen LogP contribution is -2.31. The molecule has 2 bridgehead atoms. The number of hydrogen-bond donors (Lipinski definition) is 0. The minimum Gasteiger partial charge on any atom is -0.489 e. The molecule has 1 saturated heterocycles. The van der Waals surface area contributed by atoms with Crippen LogP contribution in [0.5, 0.6) is 5.75 Å². The lowest BCUT2D eigenvalue weighted by molar-refractivity contribution is -0.115. The Morgan fingerprint density at radius 1 is 1.46 bits per heavy atom.